The second-order valence-electron chi connectivity index (χ2n) is 5.30. The van der Waals surface area contributed by atoms with Crippen molar-refractivity contribution in [1.29, 1.82) is 0 Å². The van der Waals surface area contributed by atoms with E-state index in [0.717, 1.165) is 22.5 Å². The average molecular weight is 350 g/mol. The number of rotatable bonds is 6. The molecule has 25 heavy (non-hydrogen) atoms. The normalized spacial score (nSPS) is 10.4. The summed E-state index contributed by atoms with van der Waals surface area (Å²) in [6, 6.07) is 19.8. The number of nitrogens with zero attached hydrogens (tertiary/aromatic N) is 3. The fourth-order valence-corrected chi connectivity index (χ4v) is 3.04. The average Bonchev–Trinajstić information content (AvgIpc) is 2.69. The number of aromatic nitrogens is 3. The van der Waals surface area contributed by atoms with Gasteiger partial charge in [0.25, 0.3) is 0 Å². The van der Waals surface area contributed by atoms with E-state index in [-0.39, 0.29) is 5.91 Å². The van der Waals surface area contributed by atoms with Crippen molar-refractivity contribution in [2.75, 3.05) is 12.8 Å². The summed E-state index contributed by atoms with van der Waals surface area (Å²) in [4.78, 5) is 16.0. The molecule has 126 valence electrons. The number of carbonyl (C=O) groups excluding carboxylic acids is 1. The fraction of sp³-hybridized carbons (Fsp3) is 0.158. The molecule has 3 aromatic rings. The summed E-state index contributed by atoms with van der Waals surface area (Å²) in [5.74, 6) is 0.616. The molecule has 0 saturated carbocycles. The van der Waals surface area contributed by atoms with Crippen LogP contribution in [0.3, 0.4) is 0 Å². The molecule has 1 N–H and O–H groups in total. The first kappa shape index (κ1) is 17.1. The van der Waals surface area contributed by atoms with Gasteiger partial charge in [0.2, 0.25) is 11.1 Å². The molecular weight excluding hydrogens is 332 g/mol. The Hall–Kier alpha value is -2.73. The number of amides is 1. The molecule has 0 unspecified atom stereocenters. The highest BCUT2D eigenvalue weighted by Gasteiger charge is 2.13. The highest BCUT2D eigenvalue weighted by molar-refractivity contribution is 7.99. The molecule has 0 fully saturated rings. The smallest absolute Gasteiger partial charge is 0.220 e. The molecule has 5 nitrogen and oxygen atoms in total. The lowest BCUT2D eigenvalue weighted by Crippen LogP contribution is -2.17. The molecule has 0 radical (unpaired) electrons. The van der Waals surface area contributed by atoms with Gasteiger partial charge in [-0.3, -0.25) is 4.79 Å². The van der Waals surface area contributed by atoms with E-state index in [1.807, 2.05) is 60.7 Å². The fourth-order valence-electron chi connectivity index (χ4n) is 2.32. The monoisotopic (exact) mass is 350 g/mol. The van der Waals surface area contributed by atoms with E-state index in [1.54, 1.807) is 7.05 Å². The molecular formula is C19H18N4OS. The van der Waals surface area contributed by atoms with Crippen molar-refractivity contribution in [3.63, 3.8) is 0 Å². The van der Waals surface area contributed by atoms with Gasteiger partial charge in [-0.25, -0.2) is 4.98 Å². The van der Waals surface area contributed by atoms with Crippen molar-refractivity contribution in [2.45, 2.75) is 11.6 Å². The highest BCUT2D eigenvalue weighted by Crippen LogP contribution is 2.29. The molecule has 0 atom stereocenters. The summed E-state index contributed by atoms with van der Waals surface area (Å²) in [7, 11) is 1.63. The minimum Gasteiger partial charge on any atom is -0.359 e. The Kier molecular flexibility index (Phi) is 5.74. The van der Waals surface area contributed by atoms with Crippen molar-refractivity contribution in [3.05, 3.63) is 60.7 Å². The zero-order chi connectivity index (χ0) is 17.5. The first-order chi connectivity index (χ1) is 12.3. The summed E-state index contributed by atoms with van der Waals surface area (Å²) in [5, 5.41) is 11.8. The molecule has 1 aromatic heterocycles. The quantitative estimate of drug-likeness (QED) is 0.690. The lowest BCUT2D eigenvalue weighted by atomic mass is 10.0. The van der Waals surface area contributed by atoms with Gasteiger partial charge in [-0.2, -0.15) is 0 Å². The largest absolute Gasteiger partial charge is 0.359 e. The van der Waals surface area contributed by atoms with E-state index in [0.29, 0.717) is 17.3 Å². The highest BCUT2D eigenvalue weighted by atomic mass is 32.2. The van der Waals surface area contributed by atoms with Crippen LogP contribution in [-0.2, 0) is 4.79 Å². The van der Waals surface area contributed by atoms with Crippen LogP contribution in [0.4, 0.5) is 0 Å². The predicted molar refractivity (Wildman–Crippen MR) is 100 cm³/mol. The molecule has 3 rings (SSSR count). The predicted octanol–water partition coefficient (Wildman–Crippen LogP) is 3.43. The molecule has 0 spiro atoms. The van der Waals surface area contributed by atoms with Crippen LogP contribution in [-0.4, -0.2) is 33.9 Å². The van der Waals surface area contributed by atoms with E-state index in [4.69, 9.17) is 4.98 Å². The maximum Gasteiger partial charge on any atom is 0.220 e. The SMILES string of the molecule is CNC(=O)CCSc1nnc(-c2ccccc2)c(-c2ccccc2)n1. The van der Waals surface area contributed by atoms with Crippen LogP contribution in [0.5, 0.6) is 0 Å². The number of benzene rings is 2. The minimum atomic E-state index is 0.00430. The molecule has 0 bridgehead atoms. The lowest BCUT2D eigenvalue weighted by Gasteiger charge is -2.09. The summed E-state index contributed by atoms with van der Waals surface area (Å²) in [5.41, 5.74) is 3.51. The second-order valence-corrected chi connectivity index (χ2v) is 6.36. The van der Waals surface area contributed by atoms with E-state index in [2.05, 4.69) is 15.5 Å². The van der Waals surface area contributed by atoms with E-state index < -0.39 is 0 Å². The van der Waals surface area contributed by atoms with Crippen molar-refractivity contribution in [3.8, 4) is 22.5 Å². The number of carbonyl (C=O) groups is 1. The van der Waals surface area contributed by atoms with Gasteiger partial charge in [0.15, 0.2) is 0 Å². The standard InChI is InChI=1S/C19H18N4OS/c1-20-16(24)12-13-25-19-21-17(14-8-4-2-5-9-14)18(22-23-19)15-10-6-3-7-11-15/h2-11H,12-13H2,1H3,(H,20,24). The summed E-state index contributed by atoms with van der Waals surface area (Å²) in [6.07, 6.45) is 0.422. The van der Waals surface area contributed by atoms with Crippen molar-refractivity contribution in [1.82, 2.24) is 20.5 Å². The van der Waals surface area contributed by atoms with Gasteiger partial charge in [0.1, 0.15) is 11.4 Å². The van der Waals surface area contributed by atoms with E-state index in [9.17, 15) is 4.79 Å². The third kappa shape index (κ3) is 4.42. The molecule has 6 heteroatoms. The van der Waals surface area contributed by atoms with Crippen LogP contribution >= 0.6 is 11.8 Å². The second kappa shape index (κ2) is 8.39. The van der Waals surface area contributed by atoms with Crippen LogP contribution in [0, 0.1) is 0 Å². The number of hydrogen-bond donors (Lipinski definition) is 1. The maximum atomic E-state index is 11.3. The van der Waals surface area contributed by atoms with Gasteiger partial charge in [-0.15, -0.1) is 10.2 Å². The summed E-state index contributed by atoms with van der Waals surface area (Å²) in [6.45, 7) is 0. The zero-order valence-electron chi connectivity index (χ0n) is 13.8. The van der Waals surface area contributed by atoms with Crippen molar-refractivity contribution >= 4 is 17.7 Å². The first-order valence-corrected chi connectivity index (χ1v) is 8.95. The summed E-state index contributed by atoms with van der Waals surface area (Å²) >= 11 is 1.43. The van der Waals surface area contributed by atoms with Crippen molar-refractivity contribution in [2.24, 2.45) is 0 Å². The van der Waals surface area contributed by atoms with Crippen LogP contribution in [0.1, 0.15) is 6.42 Å². The number of thioether (sulfide) groups is 1. The molecule has 0 saturated heterocycles. The Bertz CT molecular complexity index is 841. The molecule has 0 aliphatic rings. The Labute approximate surface area is 150 Å². The van der Waals surface area contributed by atoms with Crippen molar-refractivity contribution < 1.29 is 4.79 Å². The van der Waals surface area contributed by atoms with Gasteiger partial charge in [0.05, 0.1) is 0 Å². The number of hydrogen-bond acceptors (Lipinski definition) is 5. The minimum absolute atomic E-state index is 0.00430. The maximum absolute atomic E-state index is 11.3. The Morgan fingerprint density at radius 1 is 0.920 bits per heavy atom. The van der Waals surface area contributed by atoms with Crippen LogP contribution in [0.2, 0.25) is 0 Å². The topological polar surface area (TPSA) is 67.8 Å². The molecule has 1 amide bonds. The molecule has 1 heterocycles. The van der Waals surface area contributed by atoms with E-state index in [1.165, 1.54) is 11.8 Å². The molecule has 0 aliphatic heterocycles. The Balaban J connectivity index is 1.93. The van der Waals surface area contributed by atoms with Crippen LogP contribution < -0.4 is 5.32 Å². The lowest BCUT2D eigenvalue weighted by molar-refractivity contribution is -0.120. The van der Waals surface area contributed by atoms with Gasteiger partial charge in [-0.05, 0) is 0 Å². The van der Waals surface area contributed by atoms with Gasteiger partial charge < -0.3 is 5.32 Å². The van der Waals surface area contributed by atoms with Crippen LogP contribution in [0.25, 0.3) is 22.5 Å². The third-order valence-electron chi connectivity index (χ3n) is 3.60. The Morgan fingerprint density at radius 2 is 1.52 bits per heavy atom. The first-order valence-electron chi connectivity index (χ1n) is 7.97. The third-order valence-corrected chi connectivity index (χ3v) is 4.44. The van der Waals surface area contributed by atoms with Gasteiger partial charge >= 0.3 is 0 Å². The molecule has 0 aliphatic carbocycles. The molecule has 2 aromatic carbocycles. The zero-order valence-corrected chi connectivity index (χ0v) is 14.7. The van der Waals surface area contributed by atoms with Gasteiger partial charge in [0, 0.05) is 30.3 Å². The van der Waals surface area contributed by atoms with Gasteiger partial charge in [-0.1, -0.05) is 72.4 Å². The van der Waals surface area contributed by atoms with Crippen LogP contribution in [0.15, 0.2) is 65.8 Å². The Morgan fingerprint density at radius 3 is 2.12 bits per heavy atom. The number of nitrogens with one attached hydrogen (secondary N) is 1. The summed E-state index contributed by atoms with van der Waals surface area (Å²) < 4.78 is 0. The van der Waals surface area contributed by atoms with E-state index >= 15 is 0 Å².